The zero-order valence-electron chi connectivity index (χ0n) is 8.59. The Kier molecular flexibility index (Phi) is 5.35. The summed E-state index contributed by atoms with van der Waals surface area (Å²) in [5, 5.41) is 0. The number of aliphatic imine (C=N–C) groups is 1. The first-order valence-electron chi connectivity index (χ1n) is 4.45. The van der Waals surface area contributed by atoms with Crippen LogP contribution in [0.25, 0.3) is 0 Å². The molecule has 1 nitrogen and oxygen atoms in total. The third kappa shape index (κ3) is 4.12. The number of rotatable bonds is 4. The van der Waals surface area contributed by atoms with Gasteiger partial charge < -0.3 is 0 Å². The summed E-state index contributed by atoms with van der Waals surface area (Å²) >= 11 is 0. The minimum absolute atomic E-state index is 0.461. The maximum Gasteiger partial charge on any atom is 0.0421 e. The maximum absolute atomic E-state index is 3.96. The van der Waals surface area contributed by atoms with Gasteiger partial charge in [0.25, 0.3) is 0 Å². The molecule has 0 fully saturated rings. The number of nitrogens with zero attached hydrogens (tertiary/aromatic N) is 1. The summed E-state index contributed by atoms with van der Waals surface area (Å²) in [4.78, 5) is 3.96. The van der Waals surface area contributed by atoms with Crippen molar-refractivity contribution in [3.05, 3.63) is 23.4 Å². The van der Waals surface area contributed by atoms with Crippen molar-refractivity contribution >= 4 is 6.72 Å². The molecule has 0 aromatic carbocycles. The molecule has 0 spiro atoms. The maximum atomic E-state index is 3.96. The van der Waals surface area contributed by atoms with Crippen LogP contribution in [0.3, 0.4) is 0 Å². The second kappa shape index (κ2) is 5.76. The predicted octanol–water partition coefficient (Wildman–Crippen LogP) is 3.58. The highest BCUT2D eigenvalue weighted by atomic mass is 14.7. The standard InChI is InChI=1S/C11H19N/c1-6-10(4)7-8-11(12-5)9(2)3/h7-9H,5-6H2,1-4H3/b10-7+,11-8-. The van der Waals surface area contributed by atoms with Crippen molar-refractivity contribution in [1.29, 1.82) is 0 Å². The van der Waals surface area contributed by atoms with E-state index in [-0.39, 0.29) is 0 Å². The molecule has 12 heavy (non-hydrogen) atoms. The Morgan fingerprint density at radius 2 is 2.00 bits per heavy atom. The molecule has 0 aromatic heterocycles. The van der Waals surface area contributed by atoms with Gasteiger partial charge in [0.05, 0.1) is 0 Å². The molecule has 0 bridgehead atoms. The molecule has 68 valence electrons. The molecule has 0 N–H and O–H groups in total. The number of allylic oxidation sites excluding steroid dienone is 4. The molecule has 0 rings (SSSR count). The molecular formula is C11H19N. The van der Waals surface area contributed by atoms with E-state index in [4.69, 9.17) is 0 Å². The van der Waals surface area contributed by atoms with Crippen LogP contribution >= 0.6 is 0 Å². The van der Waals surface area contributed by atoms with E-state index in [2.05, 4.69) is 51.6 Å². The highest BCUT2D eigenvalue weighted by Gasteiger charge is 1.96. The van der Waals surface area contributed by atoms with E-state index in [0.29, 0.717) is 5.92 Å². The van der Waals surface area contributed by atoms with Crippen LogP contribution in [0.15, 0.2) is 28.4 Å². The van der Waals surface area contributed by atoms with Crippen LogP contribution in [0.4, 0.5) is 0 Å². The average Bonchev–Trinajstić information content (AvgIpc) is 2.04. The minimum atomic E-state index is 0.461. The summed E-state index contributed by atoms with van der Waals surface area (Å²) in [5.74, 6) is 0.461. The zero-order valence-corrected chi connectivity index (χ0v) is 8.59. The molecule has 0 amide bonds. The molecule has 0 radical (unpaired) electrons. The van der Waals surface area contributed by atoms with Gasteiger partial charge in [0.15, 0.2) is 0 Å². The Bertz CT molecular complexity index is 197. The van der Waals surface area contributed by atoms with Crippen LogP contribution in [0, 0.1) is 5.92 Å². The molecule has 0 saturated heterocycles. The predicted molar refractivity (Wildman–Crippen MR) is 56.5 cm³/mol. The second-order valence-corrected chi connectivity index (χ2v) is 3.27. The fourth-order valence-corrected chi connectivity index (χ4v) is 0.773. The Balaban J connectivity index is 4.40. The van der Waals surface area contributed by atoms with Crippen LogP contribution in [0.1, 0.15) is 34.1 Å². The Morgan fingerprint density at radius 1 is 1.42 bits per heavy atom. The van der Waals surface area contributed by atoms with E-state index < -0.39 is 0 Å². The molecular weight excluding hydrogens is 146 g/mol. The van der Waals surface area contributed by atoms with Gasteiger partial charge in [0.1, 0.15) is 0 Å². The van der Waals surface area contributed by atoms with Crippen LogP contribution < -0.4 is 0 Å². The van der Waals surface area contributed by atoms with Crippen molar-refractivity contribution < 1.29 is 0 Å². The lowest BCUT2D eigenvalue weighted by atomic mass is 10.1. The van der Waals surface area contributed by atoms with Gasteiger partial charge in [-0.3, -0.25) is 4.99 Å². The van der Waals surface area contributed by atoms with E-state index in [1.807, 2.05) is 0 Å². The Hall–Kier alpha value is -0.850. The van der Waals surface area contributed by atoms with Gasteiger partial charge in [0, 0.05) is 5.70 Å². The number of hydrogen-bond donors (Lipinski definition) is 0. The SMILES string of the molecule is C=N/C(=C\C=C(/C)CC)C(C)C. The molecule has 0 heterocycles. The first kappa shape index (κ1) is 11.2. The Labute approximate surface area is 75.9 Å². The summed E-state index contributed by atoms with van der Waals surface area (Å²) < 4.78 is 0. The lowest BCUT2D eigenvalue weighted by Crippen LogP contribution is -1.89. The van der Waals surface area contributed by atoms with Gasteiger partial charge in [-0.05, 0) is 32.1 Å². The van der Waals surface area contributed by atoms with Gasteiger partial charge in [-0.2, -0.15) is 0 Å². The highest BCUT2D eigenvalue weighted by Crippen LogP contribution is 2.11. The van der Waals surface area contributed by atoms with Gasteiger partial charge >= 0.3 is 0 Å². The molecule has 0 aliphatic rings. The van der Waals surface area contributed by atoms with Crippen LogP contribution in [0.5, 0.6) is 0 Å². The fourth-order valence-electron chi connectivity index (χ4n) is 0.773. The third-order valence-electron chi connectivity index (χ3n) is 1.87. The van der Waals surface area contributed by atoms with Crippen molar-refractivity contribution in [2.45, 2.75) is 34.1 Å². The summed E-state index contributed by atoms with van der Waals surface area (Å²) in [7, 11) is 0. The van der Waals surface area contributed by atoms with E-state index in [0.717, 1.165) is 12.1 Å². The van der Waals surface area contributed by atoms with Crippen LogP contribution in [-0.4, -0.2) is 6.72 Å². The normalized spacial score (nSPS) is 13.8. The quantitative estimate of drug-likeness (QED) is 0.446. The summed E-state index contributed by atoms with van der Waals surface area (Å²) in [6.45, 7) is 12.1. The van der Waals surface area contributed by atoms with Crippen molar-refractivity contribution in [1.82, 2.24) is 0 Å². The van der Waals surface area contributed by atoms with Crippen molar-refractivity contribution in [2.75, 3.05) is 0 Å². The smallest absolute Gasteiger partial charge is 0.0421 e. The first-order valence-corrected chi connectivity index (χ1v) is 4.45. The third-order valence-corrected chi connectivity index (χ3v) is 1.87. The fraction of sp³-hybridized carbons (Fsp3) is 0.545. The van der Waals surface area contributed by atoms with Gasteiger partial charge in [-0.25, -0.2) is 0 Å². The molecule has 0 saturated carbocycles. The summed E-state index contributed by atoms with van der Waals surface area (Å²) in [5.41, 5.74) is 2.43. The van der Waals surface area contributed by atoms with Crippen LogP contribution in [0.2, 0.25) is 0 Å². The summed E-state index contributed by atoms with van der Waals surface area (Å²) in [6, 6.07) is 0. The van der Waals surface area contributed by atoms with Crippen molar-refractivity contribution in [2.24, 2.45) is 10.9 Å². The zero-order chi connectivity index (χ0) is 9.56. The topological polar surface area (TPSA) is 12.4 Å². The molecule has 0 aliphatic carbocycles. The van der Waals surface area contributed by atoms with Gasteiger partial charge in [-0.1, -0.05) is 32.4 Å². The van der Waals surface area contributed by atoms with Crippen LogP contribution in [-0.2, 0) is 0 Å². The molecule has 0 atom stereocenters. The molecule has 1 heteroatoms. The largest absolute Gasteiger partial charge is 0.269 e. The molecule has 0 unspecified atom stereocenters. The average molecular weight is 165 g/mol. The Morgan fingerprint density at radius 3 is 2.33 bits per heavy atom. The molecule has 0 aliphatic heterocycles. The van der Waals surface area contributed by atoms with E-state index in [1.54, 1.807) is 0 Å². The molecule has 0 aromatic rings. The van der Waals surface area contributed by atoms with E-state index >= 15 is 0 Å². The summed E-state index contributed by atoms with van der Waals surface area (Å²) in [6.07, 6.45) is 5.26. The van der Waals surface area contributed by atoms with Gasteiger partial charge in [-0.15, -0.1) is 0 Å². The first-order chi connectivity index (χ1) is 5.61. The van der Waals surface area contributed by atoms with Crippen molar-refractivity contribution in [3.8, 4) is 0 Å². The lowest BCUT2D eigenvalue weighted by Gasteiger charge is -2.02. The highest BCUT2D eigenvalue weighted by molar-refractivity contribution is 5.31. The van der Waals surface area contributed by atoms with Crippen molar-refractivity contribution in [3.63, 3.8) is 0 Å². The monoisotopic (exact) mass is 165 g/mol. The number of hydrogen-bond acceptors (Lipinski definition) is 1. The second-order valence-electron chi connectivity index (χ2n) is 3.27. The lowest BCUT2D eigenvalue weighted by molar-refractivity contribution is 0.760. The van der Waals surface area contributed by atoms with E-state index in [9.17, 15) is 0 Å². The minimum Gasteiger partial charge on any atom is -0.269 e. The van der Waals surface area contributed by atoms with Gasteiger partial charge in [0.2, 0.25) is 0 Å². The van der Waals surface area contributed by atoms with E-state index in [1.165, 1.54) is 5.57 Å².